The maximum atomic E-state index is 11.4. The molecule has 3 rings (SSSR count). The number of aromatic nitrogens is 1. The summed E-state index contributed by atoms with van der Waals surface area (Å²) in [5.74, 6) is 6.50. The molecule has 24 heavy (non-hydrogen) atoms. The molecule has 0 atom stereocenters. The van der Waals surface area contributed by atoms with Crippen LogP contribution in [0.2, 0.25) is 0 Å². The molecule has 1 saturated heterocycles. The van der Waals surface area contributed by atoms with Gasteiger partial charge in [-0.25, -0.2) is 10.8 Å². The molecule has 6 heteroatoms. The highest BCUT2D eigenvalue weighted by Gasteiger charge is 2.22. The lowest BCUT2D eigenvalue weighted by molar-refractivity contribution is 0.00803. The average molecular weight is 332 g/mol. The van der Waals surface area contributed by atoms with E-state index < -0.39 is 0 Å². The third kappa shape index (κ3) is 4.45. The van der Waals surface area contributed by atoms with E-state index in [4.69, 9.17) is 10.6 Å². The van der Waals surface area contributed by atoms with Gasteiger partial charge in [0.25, 0.3) is 5.91 Å². The van der Waals surface area contributed by atoms with Crippen LogP contribution in [0.15, 0.2) is 18.3 Å². The summed E-state index contributed by atoms with van der Waals surface area (Å²) in [6.45, 7) is 2.83. The topological polar surface area (TPSA) is 80.5 Å². The normalized spacial score (nSPS) is 20.1. The highest BCUT2D eigenvalue weighted by molar-refractivity contribution is 5.93. The van der Waals surface area contributed by atoms with Crippen LogP contribution in [0, 0.1) is 5.92 Å². The maximum Gasteiger partial charge on any atom is 0.266 e. The summed E-state index contributed by atoms with van der Waals surface area (Å²) in [5.41, 5.74) is 2.60. The molecule has 1 aliphatic heterocycles. The molecule has 2 aliphatic rings. The van der Waals surface area contributed by atoms with Crippen LogP contribution >= 0.6 is 0 Å². The van der Waals surface area contributed by atoms with Gasteiger partial charge in [-0.2, -0.15) is 0 Å². The molecule has 0 unspecified atom stereocenters. The largest absolute Gasteiger partial charge is 0.378 e. The van der Waals surface area contributed by atoms with Gasteiger partial charge < -0.3 is 9.64 Å². The van der Waals surface area contributed by atoms with Crippen molar-refractivity contribution in [3.8, 4) is 0 Å². The summed E-state index contributed by atoms with van der Waals surface area (Å²) in [6.07, 6.45) is 10.9. The van der Waals surface area contributed by atoms with Crippen molar-refractivity contribution in [2.45, 2.75) is 51.0 Å². The Morgan fingerprint density at radius 2 is 1.96 bits per heavy atom. The number of hydrogen-bond donors (Lipinski definition) is 2. The Bertz CT molecular complexity index is 520. The standard InChI is InChI=1S/C18H28N4O2/c19-21-18(23)15-6-7-17(20-12-15)22-10-8-16(9-11-22)24-13-14-4-2-1-3-5-14/h6-7,12,14,16H,1-5,8-11,13,19H2,(H,21,23). The predicted molar refractivity (Wildman–Crippen MR) is 93.7 cm³/mol. The molecule has 3 N–H and O–H groups in total. The van der Waals surface area contributed by atoms with Crippen molar-refractivity contribution in [3.63, 3.8) is 0 Å². The summed E-state index contributed by atoms with van der Waals surface area (Å²) in [5, 5.41) is 0. The second-order valence-electron chi connectivity index (χ2n) is 6.90. The first-order chi connectivity index (χ1) is 11.8. The van der Waals surface area contributed by atoms with Crippen molar-refractivity contribution in [2.24, 2.45) is 11.8 Å². The second kappa shape index (κ2) is 8.44. The van der Waals surface area contributed by atoms with Crippen molar-refractivity contribution < 1.29 is 9.53 Å². The van der Waals surface area contributed by atoms with Crippen LogP contribution in [0.1, 0.15) is 55.3 Å². The summed E-state index contributed by atoms with van der Waals surface area (Å²) in [7, 11) is 0. The highest BCUT2D eigenvalue weighted by atomic mass is 16.5. The minimum Gasteiger partial charge on any atom is -0.378 e. The lowest BCUT2D eigenvalue weighted by Gasteiger charge is -2.33. The number of carbonyl (C=O) groups is 1. The van der Waals surface area contributed by atoms with Crippen molar-refractivity contribution in [2.75, 3.05) is 24.6 Å². The minimum atomic E-state index is -0.316. The van der Waals surface area contributed by atoms with E-state index in [1.165, 1.54) is 32.1 Å². The van der Waals surface area contributed by atoms with Gasteiger partial charge in [-0.3, -0.25) is 10.2 Å². The molecular weight excluding hydrogens is 304 g/mol. The molecule has 0 radical (unpaired) electrons. The zero-order valence-electron chi connectivity index (χ0n) is 14.2. The summed E-state index contributed by atoms with van der Waals surface area (Å²) in [4.78, 5) is 18.1. The molecule has 0 bridgehead atoms. The van der Waals surface area contributed by atoms with Gasteiger partial charge in [-0.1, -0.05) is 19.3 Å². The second-order valence-corrected chi connectivity index (χ2v) is 6.90. The van der Waals surface area contributed by atoms with Gasteiger partial charge in [0.2, 0.25) is 0 Å². The number of hydrogen-bond acceptors (Lipinski definition) is 5. The van der Waals surface area contributed by atoms with Gasteiger partial charge in [0.05, 0.1) is 11.7 Å². The lowest BCUT2D eigenvalue weighted by Crippen LogP contribution is -2.38. The van der Waals surface area contributed by atoms with Gasteiger partial charge in [-0.05, 0) is 43.7 Å². The number of piperidine rings is 1. The van der Waals surface area contributed by atoms with Crippen molar-refractivity contribution in [1.29, 1.82) is 0 Å². The monoisotopic (exact) mass is 332 g/mol. The molecule has 0 aromatic carbocycles. The minimum absolute atomic E-state index is 0.316. The van der Waals surface area contributed by atoms with Gasteiger partial charge in [0.15, 0.2) is 0 Å². The molecule has 6 nitrogen and oxygen atoms in total. The van der Waals surface area contributed by atoms with Crippen LogP contribution in [-0.4, -0.2) is 36.7 Å². The fourth-order valence-electron chi connectivity index (χ4n) is 3.67. The number of pyridine rings is 1. The number of anilines is 1. The molecule has 0 spiro atoms. The quantitative estimate of drug-likeness (QED) is 0.491. The third-order valence-electron chi connectivity index (χ3n) is 5.20. The van der Waals surface area contributed by atoms with E-state index in [0.717, 1.165) is 44.3 Å². The molecular formula is C18H28N4O2. The van der Waals surface area contributed by atoms with E-state index in [2.05, 4.69) is 15.3 Å². The molecule has 1 aromatic heterocycles. The number of rotatable bonds is 5. The predicted octanol–water partition coefficient (Wildman–Crippen LogP) is 2.25. The average Bonchev–Trinajstić information content (AvgIpc) is 2.67. The Morgan fingerprint density at radius 1 is 1.21 bits per heavy atom. The van der Waals surface area contributed by atoms with Gasteiger partial charge in [0.1, 0.15) is 5.82 Å². The number of nitrogen functional groups attached to an aromatic ring is 1. The van der Waals surface area contributed by atoms with Gasteiger partial charge in [0, 0.05) is 25.9 Å². The van der Waals surface area contributed by atoms with Crippen LogP contribution in [-0.2, 0) is 4.74 Å². The van der Waals surface area contributed by atoms with Crippen LogP contribution in [0.4, 0.5) is 5.82 Å². The molecule has 2 heterocycles. The van der Waals surface area contributed by atoms with Crippen molar-refractivity contribution in [3.05, 3.63) is 23.9 Å². The fourth-order valence-corrected chi connectivity index (χ4v) is 3.67. The molecule has 1 amide bonds. The van der Waals surface area contributed by atoms with E-state index >= 15 is 0 Å². The molecule has 1 saturated carbocycles. The first kappa shape index (κ1) is 17.2. The van der Waals surface area contributed by atoms with Crippen molar-refractivity contribution >= 4 is 11.7 Å². The molecule has 2 fully saturated rings. The Kier molecular flexibility index (Phi) is 6.04. The van der Waals surface area contributed by atoms with Crippen LogP contribution in [0.5, 0.6) is 0 Å². The maximum absolute atomic E-state index is 11.4. The summed E-state index contributed by atoms with van der Waals surface area (Å²) < 4.78 is 6.16. The number of hydrazine groups is 1. The first-order valence-electron chi connectivity index (χ1n) is 9.10. The fraction of sp³-hybridized carbons (Fsp3) is 0.667. The number of nitrogens with one attached hydrogen (secondary N) is 1. The number of carbonyl (C=O) groups excluding carboxylic acids is 1. The van der Waals surface area contributed by atoms with E-state index in [1.807, 2.05) is 6.07 Å². The smallest absolute Gasteiger partial charge is 0.266 e. The Balaban J connectivity index is 1.43. The van der Waals surface area contributed by atoms with Crippen LogP contribution in [0.3, 0.4) is 0 Å². The number of ether oxygens (including phenoxy) is 1. The van der Waals surface area contributed by atoms with Gasteiger partial charge >= 0.3 is 0 Å². The van der Waals surface area contributed by atoms with Crippen LogP contribution < -0.4 is 16.2 Å². The lowest BCUT2D eigenvalue weighted by atomic mass is 9.90. The third-order valence-corrected chi connectivity index (χ3v) is 5.20. The van der Waals surface area contributed by atoms with Crippen molar-refractivity contribution in [1.82, 2.24) is 10.4 Å². The number of nitrogens with two attached hydrogens (primary N) is 1. The summed E-state index contributed by atoms with van der Waals surface area (Å²) in [6, 6.07) is 3.64. The Morgan fingerprint density at radius 3 is 2.58 bits per heavy atom. The molecule has 1 aromatic rings. The van der Waals surface area contributed by atoms with E-state index in [-0.39, 0.29) is 5.91 Å². The van der Waals surface area contributed by atoms with E-state index in [1.54, 1.807) is 12.3 Å². The van der Waals surface area contributed by atoms with E-state index in [0.29, 0.717) is 11.7 Å². The van der Waals surface area contributed by atoms with Crippen LogP contribution in [0.25, 0.3) is 0 Å². The SMILES string of the molecule is NNC(=O)c1ccc(N2CCC(OCC3CCCCC3)CC2)nc1. The van der Waals surface area contributed by atoms with E-state index in [9.17, 15) is 4.79 Å². The first-order valence-corrected chi connectivity index (χ1v) is 9.10. The zero-order chi connectivity index (χ0) is 16.8. The Labute approximate surface area is 143 Å². The molecule has 132 valence electrons. The zero-order valence-corrected chi connectivity index (χ0v) is 14.2. The number of amides is 1. The van der Waals surface area contributed by atoms with Gasteiger partial charge in [-0.15, -0.1) is 0 Å². The Hall–Kier alpha value is -1.66. The molecule has 1 aliphatic carbocycles. The number of nitrogens with zero attached hydrogens (tertiary/aromatic N) is 2. The summed E-state index contributed by atoms with van der Waals surface area (Å²) >= 11 is 0. The highest BCUT2D eigenvalue weighted by Crippen LogP contribution is 2.26.